The van der Waals surface area contributed by atoms with Crippen LogP contribution in [0.15, 0.2) is 193 Å². The first-order valence-corrected chi connectivity index (χ1v) is 18.6. The van der Waals surface area contributed by atoms with Crippen molar-refractivity contribution in [1.29, 1.82) is 0 Å². The molecule has 4 heterocycles. The molecule has 0 spiro atoms. The molecule has 0 saturated carbocycles. The number of para-hydroxylation sites is 3. The summed E-state index contributed by atoms with van der Waals surface area (Å²) in [5.41, 5.74) is 11.9. The molecule has 0 aliphatic rings. The maximum Gasteiger partial charge on any atom is 0.164 e. The summed E-state index contributed by atoms with van der Waals surface area (Å²) in [6, 6.07) is 60.9. The Labute approximate surface area is 322 Å². The number of nitrogens with zero attached hydrogens (tertiary/aromatic N) is 5. The second-order valence-corrected chi connectivity index (χ2v) is 13.9. The zero-order valence-electron chi connectivity index (χ0n) is 30.0. The highest BCUT2D eigenvalue weighted by molar-refractivity contribution is 6.10. The Kier molecular flexibility index (Phi) is 7.38. The summed E-state index contributed by atoms with van der Waals surface area (Å²) < 4.78 is 8.62. The van der Waals surface area contributed by atoms with Crippen LogP contribution in [-0.2, 0) is 0 Å². The van der Waals surface area contributed by atoms with Crippen LogP contribution in [0.5, 0.6) is 0 Å². The van der Waals surface area contributed by atoms with Crippen LogP contribution in [0.4, 0.5) is 0 Å². The van der Waals surface area contributed by atoms with E-state index in [1.165, 1.54) is 16.3 Å². The number of rotatable bonds is 6. The van der Waals surface area contributed by atoms with Crippen LogP contribution < -0.4 is 0 Å². The van der Waals surface area contributed by atoms with Crippen LogP contribution in [0, 0.1) is 0 Å². The number of fused-ring (bicyclic) bond motifs is 6. The average Bonchev–Trinajstić information content (AvgIpc) is 3.82. The summed E-state index contributed by atoms with van der Waals surface area (Å²) in [5.74, 6) is 1.74. The van der Waals surface area contributed by atoms with E-state index in [9.17, 15) is 0 Å². The van der Waals surface area contributed by atoms with Gasteiger partial charge in [0.2, 0.25) is 0 Å². The Morgan fingerprint density at radius 3 is 1.77 bits per heavy atom. The third kappa shape index (κ3) is 5.43. The third-order valence-corrected chi connectivity index (χ3v) is 10.5. The molecule has 0 radical (unpaired) electrons. The average molecular weight is 718 g/mol. The number of aromatic nitrogens is 5. The lowest BCUT2D eigenvalue weighted by Crippen LogP contribution is -2.00. The van der Waals surface area contributed by atoms with Gasteiger partial charge in [-0.25, -0.2) is 15.0 Å². The smallest absolute Gasteiger partial charge is 0.164 e. The topological polar surface area (TPSA) is 69.6 Å². The van der Waals surface area contributed by atoms with Gasteiger partial charge in [0.15, 0.2) is 17.5 Å². The SMILES string of the molecule is c1ccc(-c2nc(-c3cc(-c4cccnc4)cc(-c4ccc5c(c4)c4ccccc4n5-c4ccccc4)c3)nc(-c3ccc4c(c3)oc3ccccc34)n2)cc1. The van der Waals surface area contributed by atoms with E-state index in [2.05, 4.69) is 125 Å². The molecule has 0 N–H and O–H groups in total. The lowest BCUT2D eigenvalue weighted by Gasteiger charge is -2.13. The van der Waals surface area contributed by atoms with Gasteiger partial charge in [-0.15, -0.1) is 0 Å². The van der Waals surface area contributed by atoms with Gasteiger partial charge in [-0.05, 0) is 89.5 Å². The lowest BCUT2D eigenvalue weighted by molar-refractivity contribution is 0.669. The molecule has 0 fully saturated rings. The highest BCUT2D eigenvalue weighted by atomic mass is 16.3. The van der Waals surface area contributed by atoms with Crippen molar-refractivity contribution in [2.45, 2.75) is 0 Å². The van der Waals surface area contributed by atoms with E-state index < -0.39 is 0 Å². The first-order chi connectivity index (χ1) is 27.7. The Bertz CT molecular complexity index is 3240. The molecular weight excluding hydrogens is 687 g/mol. The van der Waals surface area contributed by atoms with Gasteiger partial charge in [0.1, 0.15) is 11.2 Å². The predicted octanol–water partition coefficient (Wildman–Crippen LogP) is 12.6. The van der Waals surface area contributed by atoms with Gasteiger partial charge >= 0.3 is 0 Å². The number of hydrogen-bond acceptors (Lipinski definition) is 5. The van der Waals surface area contributed by atoms with Crippen molar-refractivity contribution in [1.82, 2.24) is 24.5 Å². The Morgan fingerprint density at radius 2 is 0.964 bits per heavy atom. The van der Waals surface area contributed by atoms with E-state index in [1.807, 2.05) is 66.9 Å². The van der Waals surface area contributed by atoms with E-state index in [1.54, 1.807) is 6.20 Å². The molecule has 4 aromatic heterocycles. The molecule has 11 rings (SSSR count). The fraction of sp³-hybridized carbons (Fsp3) is 0. The van der Waals surface area contributed by atoms with Crippen LogP contribution in [0.3, 0.4) is 0 Å². The summed E-state index contributed by atoms with van der Waals surface area (Å²) in [6.45, 7) is 0. The summed E-state index contributed by atoms with van der Waals surface area (Å²) in [6.07, 6.45) is 3.70. The highest BCUT2D eigenvalue weighted by Gasteiger charge is 2.18. The lowest BCUT2D eigenvalue weighted by atomic mass is 9.95. The van der Waals surface area contributed by atoms with E-state index in [0.717, 1.165) is 72.1 Å². The zero-order valence-corrected chi connectivity index (χ0v) is 30.0. The molecular formula is C50H31N5O. The molecule has 0 atom stereocenters. The van der Waals surface area contributed by atoms with E-state index in [4.69, 9.17) is 19.4 Å². The largest absolute Gasteiger partial charge is 0.456 e. The molecule has 0 unspecified atom stereocenters. The van der Waals surface area contributed by atoms with Crippen LogP contribution in [0.1, 0.15) is 0 Å². The van der Waals surface area contributed by atoms with Crippen molar-refractivity contribution in [2.75, 3.05) is 0 Å². The summed E-state index contributed by atoms with van der Waals surface area (Å²) in [7, 11) is 0. The molecule has 0 bridgehead atoms. The molecule has 6 heteroatoms. The highest BCUT2D eigenvalue weighted by Crippen LogP contribution is 2.38. The standard InChI is InChI=1S/C50H31N5O/c1-3-12-32(13-4-1)48-52-49(34-21-23-42-41-18-8-10-20-46(41)56-47(42)30-34)54-50(53-48)38-27-36(26-37(28-38)35-14-11-25-51-31-35)33-22-24-45-43(29-33)40-17-7-9-19-44(40)55(45)39-15-5-2-6-16-39/h1-31H. The number of furan rings is 1. The van der Waals surface area contributed by atoms with Crippen LogP contribution in [0.25, 0.3) is 106 Å². The Hall–Kier alpha value is -7.70. The number of hydrogen-bond donors (Lipinski definition) is 0. The van der Waals surface area contributed by atoms with Crippen molar-refractivity contribution in [3.8, 4) is 62.1 Å². The molecule has 56 heavy (non-hydrogen) atoms. The molecule has 0 amide bonds. The van der Waals surface area contributed by atoms with Gasteiger partial charge < -0.3 is 8.98 Å². The first kappa shape index (κ1) is 31.8. The van der Waals surface area contributed by atoms with E-state index in [-0.39, 0.29) is 0 Å². The fourth-order valence-electron chi connectivity index (χ4n) is 7.85. The second kappa shape index (κ2) is 13.0. The second-order valence-electron chi connectivity index (χ2n) is 13.9. The minimum Gasteiger partial charge on any atom is -0.456 e. The normalized spacial score (nSPS) is 11.6. The molecule has 0 aliphatic heterocycles. The zero-order chi connectivity index (χ0) is 37.0. The van der Waals surface area contributed by atoms with Gasteiger partial charge in [0, 0.05) is 61.9 Å². The molecule has 0 saturated heterocycles. The van der Waals surface area contributed by atoms with Gasteiger partial charge in [-0.3, -0.25) is 4.98 Å². The summed E-state index contributed by atoms with van der Waals surface area (Å²) in [5, 5.41) is 4.52. The van der Waals surface area contributed by atoms with Gasteiger partial charge in [-0.2, -0.15) is 0 Å². The van der Waals surface area contributed by atoms with Crippen molar-refractivity contribution in [3.05, 3.63) is 188 Å². The predicted molar refractivity (Wildman–Crippen MR) is 226 cm³/mol. The first-order valence-electron chi connectivity index (χ1n) is 18.6. The molecule has 11 aromatic rings. The fourth-order valence-corrected chi connectivity index (χ4v) is 7.85. The van der Waals surface area contributed by atoms with Crippen LogP contribution in [-0.4, -0.2) is 24.5 Å². The van der Waals surface area contributed by atoms with Crippen molar-refractivity contribution in [3.63, 3.8) is 0 Å². The molecule has 7 aromatic carbocycles. The van der Waals surface area contributed by atoms with Crippen molar-refractivity contribution >= 4 is 43.7 Å². The van der Waals surface area contributed by atoms with Gasteiger partial charge in [0.05, 0.1) is 11.0 Å². The minimum absolute atomic E-state index is 0.569. The summed E-state index contributed by atoms with van der Waals surface area (Å²) in [4.78, 5) is 19.8. The number of pyridine rings is 1. The van der Waals surface area contributed by atoms with E-state index in [0.29, 0.717) is 17.5 Å². The van der Waals surface area contributed by atoms with Gasteiger partial charge in [-0.1, -0.05) is 103 Å². The Balaban J connectivity index is 1.12. The quantitative estimate of drug-likeness (QED) is 0.171. The monoisotopic (exact) mass is 717 g/mol. The van der Waals surface area contributed by atoms with Crippen LogP contribution in [0.2, 0.25) is 0 Å². The molecule has 0 aliphatic carbocycles. The van der Waals surface area contributed by atoms with Crippen molar-refractivity contribution < 1.29 is 4.42 Å². The maximum atomic E-state index is 6.28. The Morgan fingerprint density at radius 1 is 0.357 bits per heavy atom. The molecule has 6 nitrogen and oxygen atoms in total. The van der Waals surface area contributed by atoms with Crippen molar-refractivity contribution in [2.24, 2.45) is 0 Å². The van der Waals surface area contributed by atoms with Gasteiger partial charge in [0.25, 0.3) is 0 Å². The maximum absolute atomic E-state index is 6.28. The van der Waals surface area contributed by atoms with E-state index >= 15 is 0 Å². The molecule has 262 valence electrons. The third-order valence-electron chi connectivity index (χ3n) is 10.5. The van der Waals surface area contributed by atoms with Crippen LogP contribution >= 0.6 is 0 Å². The minimum atomic E-state index is 0.569. The summed E-state index contributed by atoms with van der Waals surface area (Å²) >= 11 is 0. The number of benzene rings is 7.